The number of nitrogens with zero attached hydrogens (tertiary/aromatic N) is 2. The Morgan fingerprint density at radius 3 is 2.10 bits per heavy atom. The van der Waals surface area contributed by atoms with Crippen molar-refractivity contribution in [3.8, 4) is 0 Å². The molecule has 1 heterocycles. The van der Waals surface area contributed by atoms with E-state index in [4.69, 9.17) is 0 Å². The predicted molar refractivity (Wildman–Crippen MR) is 120 cm³/mol. The third-order valence-corrected chi connectivity index (χ3v) is 5.39. The number of benzene rings is 3. The van der Waals surface area contributed by atoms with Crippen molar-refractivity contribution >= 4 is 23.1 Å². The SMILES string of the molecule is CCN(C1=C(c2ccc(C)cc2)C(=O)N(Cc2ccc(F)cc2)C1=O)c1ccccc1. The quantitative estimate of drug-likeness (QED) is 0.537. The maximum absolute atomic E-state index is 13.5. The monoisotopic (exact) mass is 414 g/mol. The van der Waals surface area contributed by atoms with Crippen molar-refractivity contribution in [2.24, 2.45) is 0 Å². The fraction of sp³-hybridized carbons (Fsp3) is 0.154. The Kier molecular flexibility index (Phi) is 5.67. The number of halogens is 1. The minimum atomic E-state index is -0.358. The highest BCUT2D eigenvalue weighted by Crippen LogP contribution is 2.35. The van der Waals surface area contributed by atoms with Gasteiger partial charge in [-0.3, -0.25) is 14.5 Å². The van der Waals surface area contributed by atoms with Crippen LogP contribution in [0.2, 0.25) is 0 Å². The molecule has 0 radical (unpaired) electrons. The number of para-hydroxylation sites is 1. The summed E-state index contributed by atoms with van der Waals surface area (Å²) in [4.78, 5) is 30.1. The molecule has 156 valence electrons. The van der Waals surface area contributed by atoms with Gasteiger partial charge in [0.2, 0.25) is 0 Å². The number of anilines is 1. The Hall–Kier alpha value is -3.73. The highest BCUT2D eigenvalue weighted by atomic mass is 19.1. The topological polar surface area (TPSA) is 40.6 Å². The molecule has 0 aromatic heterocycles. The molecule has 4 rings (SSSR count). The zero-order valence-electron chi connectivity index (χ0n) is 17.5. The van der Waals surface area contributed by atoms with E-state index in [1.54, 1.807) is 12.1 Å². The first kappa shape index (κ1) is 20.5. The van der Waals surface area contributed by atoms with Gasteiger partial charge in [-0.15, -0.1) is 0 Å². The van der Waals surface area contributed by atoms with Crippen LogP contribution in [0, 0.1) is 12.7 Å². The van der Waals surface area contributed by atoms with Crippen LogP contribution in [-0.4, -0.2) is 23.3 Å². The van der Waals surface area contributed by atoms with E-state index in [-0.39, 0.29) is 24.2 Å². The van der Waals surface area contributed by atoms with Crippen LogP contribution < -0.4 is 4.90 Å². The molecule has 0 saturated carbocycles. The molecule has 1 aliphatic rings. The maximum atomic E-state index is 13.5. The summed E-state index contributed by atoms with van der Waals surface area (Å²) >= 11 is 0. The van der Waals surface area contributed by atoms with Gasteiger partial charge in [0.25, 0.3) is 11.8 Å². The van der Waals surface area contributed by atoms with Crippen LogP contribution in [0.4, 0.5) is 10.1 Å². The highest BCUT2D eigenvalue weighted by molar-refractivity contribution is 6.36. The average Bonchev–Trinajstić information content (AvgIpc) is 3.02. The number of amides is 2. The number of hydrogen-bond acceptors (Lipinski definition) is 3. The third kappa shape index (κ3) is 3.99. The lowest BCUT2D eigenvalue weighted by Crippen LogP contribution is -2.34. The predicted octanol–water partition coefficient (Wildman–Crippen LogP) is 4.94. The molecule has 0 aliphatic carbocycles. The van der Waals surface area contributed by atoms with E-state index in [0.29, 0.717) is 28.9 Å². The maximum Gasteiger partial charge on any atom is 0.278 e. The van der Waals surface area contributed by atoms with E-state index >= 15 is 0 Å². The smallest absolute Gasteiger partial charge is 0.278 e. The van der Waals surface area contributed by atoms with Crippen molar-refractivity contribution in [2.75, 3.05) is 11.4 Å². The number of rotatable bonds is 6. The molecule has 3 aromatic rings. The minimum Gasteiger partial charge on any atom is -0.337 e. The van der Waals surface area contributed by atoms with Gasteiger partial charge in [-0.1, -0.05) is 60.2 Å². The molecular weight excluding hydrogens is 391 g/mol. The zero-order chi connectivity index (χ0) is 22.0. The van der Waals surface area contributed by atoms with Crippen LogP contribution in [0.3, 0.4) is 0 Å². The number of carbonyl (C=O) groups is 2. The van der Waals surface area contributed by atoms with E-state index < -0.39 is 0 Å². The summed E-state index contributed by atoms with van der Waals surface area (Å²) in [6, 6.07) is 23.0. The number of aryl methyl sites for hydroxylation is 1. The van der Waals surface area contributed by atoms with Gasteiger partial charge in [-0.2, -0.15) is 0 Å². The Labute approximate surface area is 181 Å². The zero-order valence-corrected chi connectivity index (χ0v) is 17.5. The standard InChI is InChI=1S/C26H23FN2O2/c1-3-28(22-7-5-4-6-8-22)24-23(20-13-9-18(2)10-14-20)25(30)29(26(24)31)17-19-11-15-21(27)16-12-19/h4-16H,3,17H2,1-2H3. The lowest BCUT2D eigenvalue weighted by Gasteiger charge is -2.25. The van der Waals surface area contributed by atoms with Crippen LogP contribution in [0.15, 0.2) is 84.6 Å². The van der Waals surface area contributed by atoms with Gasteiger partial charge in [0.05, 0.1) is 12.1 Å². The lowest BCUT2D eigenvalue weighted by molar-refractivity contribution is -0.137. The number of carbonyl (C=O) groups excluding carboxylic acids is 2. The minimum absolute atomic E-state index is 0.0865. The summed E-state index contributed by atoms with van der Waals surface area (Å²) in [5.74, 6) is -1.05. The molecule has 0 saturated heterocycles. The molecule has 0 atom stereocenters. The third-order valence-electron chi connectivity index (χ3n) is 5.39. The summed E-state index contributed by atoms with van der Waals surface area (Å²) in [5, 5.41) is 0. The molecule has 5 heteroatoms. The van der Waals surface area contributed by atoms with Gasteiger partial charge in [0.15, 0.2) is 0 Å². The van der Waals surface area contributed by atoms with Gasteiger partial charge in [0, 0.05) is 12.2 Å². The first-order chi connectivity index (χ1) is 15.0. The van der Waals surface area contributed by atoms with Crippen LogP contribution in [0.5, 0.6) is 0 Å². The average molecular weight is 414 g/mol. The molecule has 0 unspecified atom stereocenters. The highest BCUT2D eigenvalue weighted by Gasteiger charge is 2.41. The summed E-state index contributed by atoms with van der Waals surface area (Å²) in [6.07, 6.45) is 0. The second-order valence-corrected chi connectivity index (χ2v) is 7.49. The molecule has 1 aliphatic heterocycles. The summed E-state index contributed by atoms with van der Waals surface area (Å²) in [7, 11) is 0. The first-order valence-electron chi connectivity index (χ1n) is 10.2. The van der Waals surface area contributed by atoms with Gasteiger partial charge < -0.3 is 4.90 Å². The van der Waals surface area contributed by atoms with E-state index in [2.05, 4.69) is 0 Å². The molecule has 0 N–H and O–H groups in total. The van der Waals surface area contributed by atoms with Crippen molar-refractivity contribution in [1.82, 2.24) is 4.90 Å². The Morgan fingerprint density at radius 1 is 0.839 bits per heavy atom. The summed E-state index contributed by atoms with van der Waals surface area (Å²) in [5.41, 5.74) is 4.06. The molecular formula is C26H23FN2O2. The Bertz CT molecular complexity index is 1140. The van der Waals surface area contributed by atoms with Gasteiger partial charge in [-0.25, -0.2) is 4.39 Å². The molecule has 3 aromatic carbocycles. The number of hydrogen-bond donors (Lipinski definition) is 0. The molecule has 0 fully saturated rings. The Morgan fingerprint density at radius 2 is 1.48 bits per heavy atom. The van der Waals surface area contributed by atoms with Crippen molar-refractivity contribution < 1.29 is 14.0 Å². The number of imide groups is 1. The van der Waals surface area contributed by atoms with Gasteiger partial charge in [0.1, 0.15) is 11.5 Å². The van der Waals surface area contributed by atoms with E-state index in [0.717, 1.165) is 11.3 Å². The van der Waals surface area contributed by atoms with Crippen LogP contribution in [0.25, 0.3) is 5.57 Å². The van der Waals surface area contributed by atoms with Crippen LogP contribution in [0.1, 0.15) is 23.6 Å². The van der Waals surface area contributed by atoms with Gasteiger partial charge >= 0.3 is 0 Å². The second kappa shape index (κ2) is 8.56. The van der Waals surface area contributed by atoms with Crippen LogP contribution >= 0.6 is 0 Å². The number of likely N-dealkylation sites (N-methyl/N-ethyl adjacent to an activating group) is 1. The van der Waals surface area contributed by atoms with Crippen LogP contribution in [-0.2, 0) is 16.1 Å². The van der Waals surface area contributed by atoms with Crippen molar-refractivity contribution in [1.29, 1.82) is 0 Å². The lowest BCUT2D eigenvalue weighted by atomic mass is 10.0. The van der Waals surface area contributed by atoms with Crippen molar-refractivity contribution in [2.45, 2.75) is 20.4 Å². The summed E-state index contributed by atoms with van der Waals surface area (Å²) in [6.45, 7) is 4.54. The van der Waals surface area contributed by atoms with E-state index in [1.165, 1.54) is 17.0 Å². The van der Waals surface area contributed by atoms with Crippen molar-refractivity contribution in [3.05, 3.63) is 107 Å². The first-order valence-corrected chi connectivity index (χ1v) is 10.2. The molecule has 0 bridgehead atoms. The molecule has 2 amide bonds. The fourth-order valence-corrected chi connectivity index (χ4v) is 3.79. The van der Waals surface area contributed by atoms with Gasteiger partial charge in [-0.05, 0) is 49.2 Å². The second-order valence-electron chi connectivity index (χ2n) is 7.49. The molecule has 0 spiro atoms. The summed E-state index contributed by atoms with van der Waals surface area (Å²) < 4.78 is 13.3. The molecule has 31 heavy (non-hydrogen) atoms. The normalized spacial score (nSPS) is 13.8. The van der Waals surface area contributed by atoms with E-state index in [1.807, 2.05) is 73.3 Å². The van der Waals surface area contributed by atoms with E-state index in [9.17, 15) is 14.0 Å². The molecule has 4 nitrogen and oxygen atoms in total. The Balaban J connectivity index is 1.81. The van der Waals surface area contributed by atoms with Crippen molar-refractivity contribution in [3.63, 3.8) is 0 Å². The fourth-order valence-electron chi connectivity index (χ4n) is 3.79. The largest absolute Gasteiger partial charge is 0.337 e.